The zero-order valence-corrected chi connectivity index (χ0v) is 16.0. The van der Waals surface area contributed by atoms with Crippen LogP contribution in [0.4, 0.5) is 11.5 Å². The molecule has 2 aromatic carbocycles. The van der Waals surface area contributed by atoms with Gasteiger partial charge in [0.25, 0.3) is 0 Å². The van der Waals surface area contributed by atoms with Gasteiger partial charge in [0, 0.05) is 5.69 Å². The SMILES string of the molecule is CCc1c(C)c(C#N)c2nc3ccccc3n2c1Nc1ccc2[nH]c(=O)[nH]c2c1. The number of hydrogen-bond donors (Lipinski definition) is 3. The van der Waals surface area contributed by atoms with Gasteiger partial charge >= 0.3 is 5.69 Å². The Morgan fingerprint density at radius 1 is 1.17 bits per heavy atom. The molecule has 0 aliphatic heterocycles. The molecule has 3 aromatic heterocycles. The first-order chi connectivity index (χ1) is 14.1. The zero-order chi connectivity index (χ0) is 20.1. The van der Waals surface area contributed by atoms with E-state index in [2.05, 4.69) is 28.3 Å². The maximum Gasteiger partial charge on any atom is 0.323 e. The Morgan fingerprint density at radius 2 is 1.97 bits per heavy atom. The molecule has 0 atom stereocenters. The van der Waals surface area contributed by atoms with Crippen molar-refractivity contribution in [3.63, 3.8) is 0 Å². The van der Waals surface area contributed by atoms with E-state index in [0.29, 0.717) is 11.2 Å². The van der Waals surface area contributed by atoms with E-state index in [0.717, 1.165) is 51.1 Å². The van der Waals surface area contributed by atoms with Crippen molar-refractivity contribution in [2.24, 2.45) is 0 Å². The number of imidazole rings is 2. The van der Waals surface area contributed by atoms with Crippen LogP contribution >= 0.6 is 0 Å². The Balaban J connectivity index is 1.83. The molecule has 0 unspecified atom stereocenters. The van der Waals surface area contributed by atoms with E-state index in [1.165, 1.54) is 0 Å². The maximum atomic E-state index is 11.6. The summed E-state index contributed by atoms with van der Waals surface area (Å²) < 4.78 is 2.02. The summed E-state index contributed by atoms with van der Waals surface area (Å²) in [5.41, 5.74) is 7.08. The van der Waals surface area contributed by atoms with Gasteiger partial charge in [-0.1, -0.05) is 19.1 Å². The van der Waals surface area contributed by atoms with Crippen molar-refractivity contribution in [3.05, 3.63) is 69.6 Å². The van der Waals surface area contributed by atoms with Crippen LogP contribution in [-0.4, -0.2) is 19.4 Å². The molecule has 7 nitrogen and oxygen atoms in total. The Bertz CT molecular complexity index is 1510. The van der Waals surface area contributed by atoms with Gasteiger partial charge in [-0.15, -0.1) is 0 Å². The number of rotatable bonds is 3. The van der Waals surface area contributed by atoms with E-state index in [1.807, 2.05) is 53.8 Å². The lowest BCUT2D eigenvalue weighted by Gasteiger charge is -2.18. The molecule has 0 saturated heterocycles. The second kappa shape index (κ2) is 6.24. The van der Waals surface area contributed by atoms with Crippen molar-refractivity contribution >= 4 is 39.2 Å². The van der Waals surface area contributed by atoms with E-state index in [4.69, 9.17) is 4.98 Å². The number of nitrogens with one attached hydrogen (secondary N) is 3. The average molecular weight is 382 g/mol. The zero-order valence-electron chi connectivity index (χ0n) is 16.0. The summed E-state index contributed by atoms with van der Waals surface area (Å²) >= 11 is 0. The van der Waals surface area contributed by atoms with Crippen molar-refractivity contribution in [3.8, 4) is 6.07 Å². The van der Waals surface area contributed by atoms with Gasteiger partial charge in [0.15, 0.2) is 5.65 Å². The van der Waals surface area contributed by atoms with E-state index >= 15 is 0 Å². The second-order valence-corrected chi connectivity index (χ2v) is 7.02. The van der Waals surface area contributed by atoms with Crippen LogP contribution in [0.2, 0.25) is 0 Å². The van der Waals surface area contributed by atoms with Crippen LogP contribution in [0, 0.1) is 18.3 Å². The van der Waals surface area contributed by atoms with Crippen molar-refractivity contribution in [2.45, 2.75) is 20.3 Å². The number of pyridine rings is 1. The first kappa shape index (κ1) is 17.1. The highest BCUT2D eigenvalue weighted by atomic mass is 16.1. The molecule has 0 bridgehead atoms. The molecule has 5 rings (SSSR count). The van der Waals surface area contributed by atoms with Crippen LogP contribution in [0.5, 0.6) is 0 Å². The summed E-state index contributed by atoms with van der Waals surface area (Å²) in [6.45, 7) is 4.04. The van der Waals surface area contributed by atoms with Gasteiger partial charge in [-0.3, -0.25) is 4.40 Å². The minimum absolute atomic E-state index is 0.233. The molecule has 0 amide bonds. The second-order valence-electron chi connectivity index (χ2n) is 7.02. The molecule has 142 valence electrons. The number of nitriles is 1. The van der Waals surface area contributed by atoms with Crippen LogP contribution < -0.4 is 11.0 Å². The molecule has 5 aromatic rings. The van der Waals surface area contributed by atoms with Crippen LogP contribution in [0.25, 0.3) is 27.7 Å². The number of benzene rings is 2. The van der Waals surface area contributed by atoms with Gasteiger partial charge in [0.2, 0.25) is 0 Å². The van der Waals surface area contributed by atoms with Crippen molar-refractivity contribution < 1.29 is 0 Å². The number of nitrogens with zero attached hydrogens (tertiary/aromatic N) is 3. The molecule has 0 spiro atoms. The largest absolute Gasteiger partial charge is 0.341 e. The van der Waals surface area contributed by atoms with Gasteiger partial charge in [0.1, 0.15) is 11.9 Å². The van der Waals surface area contributed by atoms with E-state index in [9.17, 15) is 10.1 Å². The highest BCUT2D eigenvalue weighted by molar-refractivity contribution is 5.88. The summed E-state index contributed by atoms with van der Waals surface area (Å²) in [4.78, 5) is 21.9. The van der Waals surface area contributed by atoms with Crippen LogP contribution in [0.1, 0.15) is 23.6 Å². The fourth-order valence-electron chi connectivity index (χ4n) is 4.00. The summed E-state index contributed by atoms with van der Waals surface area (Å²) in [5, 5.41) is 13.3. The molecule has 0 aliphatic carbocycles. The Kier molecular flexibility index (Phi) is 3.68. The van der Waals surface area contributed by atoms with Crippen molar-refractivity contribution in [2.75, 3.05) is 5.32 Å². The summed E-state index contributed by atoms with van der Waals surface area (Å²) in [6, 6.07) is 15.9. The quantitative estimate of drug-likeness (QED) is 0.436. The fraction of sp³-hybridized carbons (Fsp3) is 0.136. The van der Waals surface area contributed by atoms with Gasteiger partial charge in [-0.2, -0.15) is 5.26 Å². The smallest absolute Gasteiger partial charge is 0.323 e. The van der Waals surface area contributed by atoms with Gasteiger partial charge in [0.05, 0.1) is 27.6 Å². The molecule has 3 heterocycles. The fourth-order valence-corrected chi connectivity index (χ4v) is 4.00. The molecule has 0 fully saturated rings. The summed E-state index contributed by atoms with van der Waals surface area (Å²) in [7, 11) is 0. The predicted molar refractivity (Wildman–Crippen MR) is 114 cm³/mol. The number of hydrogen-bond acceptors (Lipinski definition) is 4. The van der Waals surface area contributed by atoms with Gasteiger partial charge in [-0.05, 0) is 54.8 Å². The van der Waals surface area contributed by atoms with Gasteiger partial charge < -0.3 is 15.3 Å². The molecule has 0 radical (unpaired) electrons. The monoisotopic (exact) mass is 382 g/mol. The third-order valence-corrected chi connectivity index (χ3v) is 5.37. The van der Waals surface area contributed by atoms with Gasteiger partial charge in [-0.25, -0.2) is 9.78 Å². The van der Waals surface area contributed by atoms with Crippen LogP contribution in [-0.2, 0) is 6.42 Å². The minimum atomic E-state index is -0.233. The predicted octanol–water partition coefficient (Wildman–Crippen LogP) is 4.14. The molecule has 0 aliphatic rings. The molecular formula is C22H18N6O. The number of aromatic nitrogens is 4. The Labute approximate surface area is 165 Å². The molecule has 7 heteroatoms. The lowest BCUT2D eigenvalue weighted by atomic mass is 10.0. The summed E-state index contributed by atoms with van der Waals surface area (Å²) in [5.74, 6) is 0.880. The van der Waals surface area contributed by atoms with Crippen LogP contribution in [0.3, 0.4) is 0 Å². The highest BCUT2D eigenvalue weighted by Crippen LogP contribution is 2.33. The lowest BCUT2D eigenvalue weighted by Crippen LogP contribution is -2.07. The number of para-hydroxylation sites is 2. The normalized spacial score (nSPS) is 11.3. The maximum absolute atomic E-state index is 11.6. The Hall–Kier alpha value is -4.05. The lowest BCUT2D eigenvalue weighted by molar-refractivity contribution is 1.05. The number of anilines is 2. The third-order valence-electron chi connectivity index (χ3n) is 5.37. The number of aromatic amines is 2. The first-order valence-corrected chi connectivity index (χ1v) is 9.42. The topological polar surface area (TPSA) is 102 Å². The van der Waals surface area contributed by atoms with E-state index < -0.39 is 0 Å². The van der Waals surface area contributed by atoms with Crippen LogP contribution in [0.15, 0.2) is 47.3 Å². The average Bonchev–Trinajstić information content (AvgIpc) is 3.27. The summed E-state index contributed by atoms with van der Waals surface area (Å²) in [6.07, 6.45) is 0.758. The molecular weight excluding hydrogens is 364 g/mol. The van der Waals surface area contributed by atoms with Crippen molar-refractivity contribution in [1.29, 1.82) is 5.26 Å². The highest BCUT2D eigenvalue weighted by Gasteiger charge is 2.20. The first-order valence-electron chi connectivity index (χ1n) is 9.42. The van der Waals surface area contributed by atoms with Crippen molar-refractivity contribution in [1.82, 2.24) is 19.4 Å². The molecule has 3 N–H and O–H groups in total. The third kappa shape index (κ3) is 2.50. The Morgan fingerprint density at radius 3 is 2.76 bits per heavy atom. The van der Waals surface area contributed by atoms with E-state index in [1.54, 1.807) is 0 Å². The molecule has 0 saturated carbocycles. The molecule has 29 heavy (non-hydrogen) atoms. The van der Waals surface area contributed by atoms with E-state index in [-0.39, 0.29) is 5.69 Å². The minimum Gasteiger partial charge on any atom is -0.341 e. The standard InChI is InChI=1S/C22H18N6O/c1-3-14-12(2)15(11-23)21-25-17-6-4-5-7-19(17)28(21)20(14)24-13-8-9-16-18(10-13)27-22(29)26-16/h4-10,24H,3H2,1-2H3,(H2,26,27,29). The number of H-pyrrole nitrogens is 2. The number of fused-ring (bicyclic) bond motifs is 4.